The van der Waals surface area contributed by atoms with Crippen LogP contribution in [0.2, 0.25) is 0 Å². The average molecular weight is 318 g/mol. The Morgan fingerprint density at radius 3 is 2.88 bits per heavy atom. The molecule has 1 fully saturated rings. The number of aromatic nitrogens is 2. The Balaban J connectivity index is 2.17. The Bertz CT molecular complexity index is 577. The molecular formula is C12H11BrClFN2. The van der Waals surface area contributed by atoms with Crippen LogP contribution in [0.1, 0.15) is 18.7 Å². The van der Waals surface area contributed by atoms with Gasteiger partial charge in [-0.1, -0.05) is 0 Å². The van der Waals surface area contributed by atoms with Crippen LogP contribution in [0.15, 0.2) is 16.6 Å². The normalized spacial score (nSPS) is 15.7. The summed E-state index contributed by atoms with van der Waals surface area (Å²) in [6.45, 7) is 0.902. The molecule has 1 aromatic carbocycles. The van der Waals surface area contributed by atoms with Crippen molar-refractivity contribution in [2.75, 3.05) is 0 Å². The lowest BCUT2D eigenvalue weighted by atomic mass is 10.3. The average Bonchev–Trinajstić information content (AvgIpc) is 3.06. The molecule has 1 aliphatic rings. The number of benzene rings is 1. The van der Waals surface area contributed by atoms with Crippen molar-refractivity contribution in [1.82, 2.24) is 9.55 Å². The predicted octanol–water partition coefficient (Wildman–Crippen LogP) is 4.09. The van der Waals surface area contributed by atoms with Crippen molar-refractivity contribution in [3.63, 3.8) is 0 Å². The van der Waals surface area contributed by atoms with Gasteiger partial charge in [-0.2, -0.15) is 0 Å². The predicted molar refractivity (Wildman–Crippen MR) is 69.7 cm³/mol. The lowest BCUT2D eigenvalue weighted by Gasteiger charge is -2.06. The minimum atomic E-state index is -0.254. The van der Waals surface area contributed by atoms with Gasteiger partial charge in [-0.25, -0.2) is 9.37 Å². The van der Waals surface area contributed by atoms with Crippen LogP contribution in [0, 0.1) is 11.7 Å². The maximum atomic E-state index is 13.6. The fraction of sp³-hybridized carbons (Fsp3) is 0.417. The van der Waals surface area contributed by atoms with Crippen molar-refractivity contribution in [2.24, 2.45) is 5.92 Å². The van der Waals surface area contributed by atoms with E-state index < -0.39 is 0 Å². The third kappa shape index (κ3) is 2.08. The van der Waals surface area contributed by atoms with E-state index in [-0.39, 0.29) is 5.82 Å². The van der Waals surface area contributed by atoms with Gasteiger partial charge in [-0.3, -0.25) is 0 Å². The van der Waals surface area contributed by atoms with E-state index in [0.717, 1.165) is 23.4 Å². The summed E-state index contributed by atoms with van der Waals surface area (Å²) < 4.78 is 16.1. The summed E-state index contributed by atoms with van der Waals surface area (Å²) in [5, 5.41) is 0. The fourth-order valence-corrected chi connectivity index (χ4v) is 2.57. The highest BCUT2D eigenvalue weighted by Crippen LogP contribution is 2.33. The van der Waals surface area contributed by atoms with Gasteiger partial charge in [0.15, 0.2) is 0 Å². The maximum absolute atomic E-state index is 13.6. The molecule has 3 rings (SSSR count). The van der Waals surface area contributed by atoms with Crippen LogP contribution in [0.3, 0.4) is 0 Å². The van der Waals surface area contributed by atoms with Crippen molar-refractivity contribution in [2.45, 2.75) is 25.3 Å². The Hall–Kier alpha value is -0.610. The van der Waals surface area contributed by atoms with Gasteiger partial charge in [-0.05, 0) is 40.8 Å². The summed E-state index contributed by atoms with van der Waals surface area (Å²) >= 11 is 9.08. The first-order valence-electron chi connectivity index (χ1n) is 5.59. The molecule has 0 saturated heterocycles. The molecular weight excluding hydrogens is 307 g/mol. The largest absolute Gasteiger partial charge is 0.327 e. The molecule has 1 heterocycles. The third-order valence-electron chi connectivity index (χ3n) is 3.13. The van der Waals surface area contributed by atoms with E-state index in [1.807, 2.05) is 0 Å². The van der Waals surface area contributed by atoms with E-state index in [0.29, 0.717) is 16.3 Å². The van der Waals surface area contributed by atoms with Gasteiger partial charge in [0.2, 0.25) is 0 Å². The molecule has 17 heavy (non-hydrogen) atoms. The smallest absolute Gasteiger partial charge is 0.139 e. The van der Waals surface area contributed by atoms with Crippen LogP contribution in [-0.2, 0) is 12.4 Å². The Morgan fingerprint density at radius 1 is 1.47 bits per heavy atom. The molecule has 0 radical (unpaired) electrons. The summed E-state index contributed by atoms with van der Waals surface area (Å²) in [6.07, 6.45) is 2.50. The van der Waals surface area contributed by atoms with Crippen LogP contribution in [0.5, 0.6) is 0 Å². The molecule has 1 saturated carbocycles. The zero-order valence-corrected chi connectivity index (χ0v) is 11.4. The summed E-state index contributed by atoms with van der Waals surface area (Å²) in [4.78, 5) is 4.45. The van der Waals surface area contributed by atoms with Gasteiger partial charge in [0.1, 0.15) is 11.6 Å². The SMILES string of the molecule is Fc1cc2c(cc1Br)nc(CCl)n2CC1CC1. The van der Waals surface area contributed by atoms with Gasteiger partial charge >= 0.3 is 0 Å². The number of hydrogen-bond acceptors (Lipinski definition) is 1. The molecule has 90 valence electrons. The van der Waals surface area contributed by atoms with Crippen molar-refractivity contribution in [3.05, 3.63) is 28.2 Å². The Kier molecular flexibility index (Phi) is 2.87. The second-order valence-electron chi connectivity index (χ2n) is 4.47. The van der Waals surface area contributed by atoms with E-state index >= 15 is 0 Å². The molecule has 1 aromatic heterocycles. The summed E-state index contributed by atoms with van der Waals surface area (Å²) in [5.41, 5.74) is 1.64. The number of nitrogens with zero attached hydrogens (tertiary/aromatic N) is 2. The Labute approximate surface area is 112 Å². The molecule has 5 heteroatoms. The number of rotatable bonds is 3. The quantitative estimate of drug-likeness (QED) is 0.780. The summed E-state index contributed by atoms with van der Waals surface area (Å²) in [6, 6.07) is 3.24. The summed E-state index contributed by atoms with van der Waals surface area (Å²) in [7, 11) is 0. The molecule has 0 amide bonds. The van der Waals surface area contributed by atoms with Crippen LogP contribution in [0.25, 0.3) is 11.0 Å². The van der Waals surface area contributed by atoms with E-state index in [9.17, 15) is 4.39 Å². The van der Waals surface area contributed by atoms with Crippen LogP contribution in [-0.4, -0.2) is 9.55 Å². The van der Waals surface area contributed by atoms with E-state index in [1.54, 1.807) is 6.07 Å². The zero-order valence-electron chi connectivity index (χ0n) is 9.09. The molecule has 0 atom stereocenters. The highest BCUT2D eigenvalue weighted by molar-refractivity contribution is 9.10. The minimum Gasteiger partial charge on any atom is -0.327 e. The fourth-order valence-electron chi connectivity index (χ4n) is 2.03. The maximum Gasteiger partial charge on any atom is 0.139 e. The third-order valence-corrected chi connectivity index (χ3v) is 3.97. The highest BCUT2D eigenvalue weighted by Gasteiger charge is 2.24. The highest BCUT2D eigenvalue weighted by atomic mass is 79.9. The van der Waals surface area contributed by atoms with E-state index in [4.69, 9.17) is 11.6 Å². The molecule has 0 bridgehead atoms. The van der Waals surface area contributed by atoms with Gasteiger partial charge in [-0.15, -0.1) is 11.6 Å². The van der Waals surface area contributed by atoms with E-state index in [1.165, 1.54) is 18.9 Å². The van der Waals surface area contributed by atoms with Gasteiger partial charge in [0, 0.05) is 12.6 Å². The van der Waals surface area contributed by atoms with Crippen molar-refractivity contribution >= 4 is 38.6 Å². The number of halogens is 3. The molecule has 1 aliphatic carbocycles. The number of hydrogen-bond donors (Lipinski definition) is 0. The minimum absolute atomic E-state index is 0.254. The summed E-state index contributed by atoms with van der Waals surface area (Å²) in [5.74, 6) is 1.64. The van der Waals surface area contributed by atoms with Crippen molar-refractivity contribution in [1.29, 1.82) is 0 Å². The topological polar surface area (TPSA) is 17.8 Å². The molecule has 0 aliphatic heterocycles. The van der Waals surface area contributed by atoms with Crippen LogP contribution >= 0.6 is 27.5 Å². The lowest BCUT2D eigenvalue weighted by Crippen LogP contribution is -2.04. The standard InChI is InChI=1S/C12H11BrClFN2/c13-8-3-10-11(4-9(8)15)17(6-7-1-2-7)12(5-14)16-10/h3-4,7H,1-2,5-6H2. The number of imidazole rings is 1. The molecule has 0 spiro atoms. The van der Waals surface area contributed by atoms with Gasteiger partial charge < -0.3 is 4.57 Å². The molecule has 0 N–H and O–H groups in total. The first kappa shape index (κ1) is 11.5. The van der Waals surface area contributed by atoms with E-state index in [2.05, 4.69) is 25.5 Å². The second kappa shape index (κ2) is 4.25. The number of alkyl halides is 1. The van der Waals surface area contributed by atoms with Crippen LogP contribution in [0.4, 0.5) is 4.39 Å². The van der Waals surface area contributed by atoms with Gasteiger partial charge in [0.25, 0.3) is 0 Å². The second-order valence-corrected chi connectivity index (χ2v) is 5.59. The van der Waals surface area contributed by atoms with Crippen LogP contribution < -0.4 is 0 Å². The number of fused-ring (bicyclic) bond motifs is 1. The van der Waals surface area contributed by atoms with Crippen molar-refractivity contribution in [3.8, 4) is 0 Å². The molecule has 2 nitrogen and oxygen atoms in total. The first-order valence-corrected chi connectivity index (χ1v) is 6.92. The van der Waals surface area contributed by atoms with Crippen molar-refractivity contribution < 1.29 is 4.39 Å². The molecule has 0 unspecified atom stereocenters. The molecule has 2 aromatic rings. The lowest BCUT2D eigenvalue weighted by molar-refractivity contribution is 0.610. The monoisotopic (exact) mass is 316 g/mol. The Morgan fingerprint density at radius 2 is 2.24 bits per heavy atom. The first-order chi connectivity index (χ1) is 8.19. The van der Waals surface area contributed by atoms with Gasteiger partial charge in [0.05, 0.1) is 21.4 Å². The zero-order chi connectivity index (χ0) is 12.0.